The van der Waals surface area contributed by atoms with Gasteiger partial charge in [0.05, 0.1) is 4.47 Å². The van der Waals surface area contributed by atoms with Gasteiger partial charge in [-0.15, -0.1) is 0 Å². The van der Waals surface area contributed by atoms with Crippen molar-refractivity contribution >= 4 is 27.7 Å². The fourth-order valence-corrected chi connectivity index (χ4v) is 2.42. The highest BCUT2D eigenvalue weighted by atomic mass is 79.9. The first kappa shape index (κ1) is 12.6. The number of halogens is 1. The lowest BCUT2D eigenvalue weighted by Gasteiger charge is -2.37. The SMILES string of the molecule is CC1(C)CCN(c2nc(NN)ncc2Br)CC1. The molecule has 2 rings (SSSR count). The van der Waals surface area contributed by atoms with Gasteiger partial charge in [0.15, 0.2) is 0 Å². The van der Waals surface area contributed by atoms with Crippen molar-refractivity contribution in [3.8, 4) is 0 Å². The Labute approximate surface area is 110 Å². The zero-order chi connectivity index (χ0) is 12.5. The van der Waals surface area contributed by atoms with Gasteiger partial charge in [0.2, 0.25) is 5.95 Å². The molecular formula is C11H18BrN5. The maximum Gasteiger partial charge on any atom is 0.239 e. The zero-order valence-electron chi connectivity index (χ0n) is 10.2. The van der Waals surface area contributed by atoms with E-state index in [1.165, 1.54) is 12.8 Å². The molecule has 1 aromatic rings. The van der Waals surface area contributed by atoms with Gasteiger partial charge in [0.25, 0.3) is 0 Å². The largest absolute Gasteiger partial charge is 0.355 e. The van der Waals surface area contributed by atoms with Crippen LogP contribution in [-0.2, 0) is 0 Å². The Morgan fingerprint density at radius 1 is 1.41 bits per heavy atom. The summed E-state index contributed by atoms with van der Waals surface area (Å²) in [5, 5.41) is 0. The Kier molecular flexibility index (Phi) is 3.53. The van der Waals surface area contributed by atoms with Gasteiger partial charge in [0.1, 0.15) is 5.82 Å². The minimum atomic E-state index is 0.435. The molecule has 1 aromatic heterocycles. The third-order valence-electron chi connectivity index (χ3n) is 3.27. The summed E-state index contributed by atoms with van der Waals surface area (Å²) in [6.45, 7) is 6.66. The molecule has 5 nitrogen and oxygen atoms in total. The molecular weight excluding hydrogens is 282 g/mol. The number of nitrogens with two attached hydrogens (primary N) is 1. The second-order valence-electron chi connectivity index (χ2n) is 5.16. The first-order chi connectivity index (χ1) is 8.02. The highest BCUT2D eigenvalue weighted by Crippen LogP contribution is 2.34. The molecule has 1 aliphatic rings. The number of hydrogen-bond acceptors (Lipinski definition) is 5. The lowest BCUT2D eigenvalue weighted by Crippen LogP contribution is -2.38. The van der Waals surface area contributed by atoms with Crippen molar-refractivity contribution in [2.75, 3.05) is 23.4 Å². The molecule has 6 heteroatoms. The second kappa shape index (κ2) is 4.78. The molecule has 17 heavy (non-hydrogen) atoms. The van der Waals surface area contributed by atoms with Gasteiger partial charge in [-0.2, -0.15) is 4.98 Å². The number of nitrogen functional groups attached to an aromatic ring is 1. The highest BCUT2D eigenvalue weighted by molar-refractivity contribution is 9.10. The van der Waals surface area contributed by atoms with E-state index in [1.54, 1.807) is 6.20 Å². The van der Waals surface area contributed by atoms with E-state index < -0.39 is 0 Å². The van der Waals surface area contributed by atoms with Crippen molar-refractivity contribution in [3.05, 3.63) is 10.7 Å². The summed E-state index contributed by atoms with van der Waals surface area (Å²) in [6.07, 6.45) is 4.08. The van der Waals surface area contributed by atoms with Crippen LogP contribution < -0.4 is 16.2 Å². The number of nitrogens with zero attached hydrogens (tertiary/aromatic N) is 3. The summed E-state index contributed by atoms with van der Waals surface area (Å²) in [5.41, 5.74) is 2.92. The van der Waals surface area contributed by atoms with Crippen LogP contribution in [-0.4, -0.2) is 23.1 Å². The van der Waals surface area contributed by atoms with Gasteiger partial charge >= 0.3 is 0 Å². The maximum absolute atomic E-state index is 5.33. The Morgan fingerprint density at radius 2 is 2.06 bits per heavy atom. The predicted octanol–water partition coefficient (Wildman–Crippen LogP) is 2.15. The fraction of sp³-hybridized carbons (Fsp3) is 0.636. The highest BCUT2D eigenvalue weighted by Gasteiger charge is 2.27. The van der Waals surface area contributed by atoms with Crippen LogP contribution in [0.2, 0.25) is 0 Å². The molecule has 0 radical (unpaired) electrons. The van der Waals surface area contributed by atoms with Gasteiger partial charge < -0.3 is 4.90 Å². The van der Waals surface area contributed by atoms with Crippen LogP contribution in [0.15, 0.2) is 10.7 Å². The molecule has 0 bridgehead atoms. The summed E-state index contributed by atoms with van der Waals surface area (Å²) in [5.74, 6) is 6.70. The molecule has 0 unspecified atom stereocenters. The van der Waals surface area contributed by atoms with Gasteiger partial charge in [-0.05, 0) is 34.2 Å². The van der Waals surface area contributed by atoms with E-state index in [0.717, 1.165) is 23.4 Å². The Morgan fingerprint density at radius 3 is 2.65 bits per heavy atom. The van der Waals surface area contributed by atoms with Crippen molar-refractivity contribution in [2.45, 2.75) is 26.7 Å². The number of nitrogens with one attached hydrogen (secondary N) is 1. The van der Waals surface area contributed by atoms with E-state index in [9.17, 15) is 0 Å². The van der Waals surface area contributed by atoms with Crippen LogP contribution in [0.4, 0.5) is 11.8 Å². The summed E-state index contributed by atoms with van der Waals surface area (Å²) in [7, 11) is 0. The Bertz CT molecular complexity index is 397. The minimum Gasteiger partial charge on any atom is -0.355 e. The molecule has 0 aromatic carbocycles. The molecule has 0 spiro atoms. The fourth-order valence-electron chi connectivity index (χ4n) is 1.97. The summed E-state index contributed by atoms with van der Waals surface area (Å²) < 4.78 is 0.913. The normalized spacial score (nSPS) is 19.2. The van der Waals surface area contributed by atoms with Crippen LogP contribution >= 0.6 is 15.9 Å². The van der Waals surface area contributed by atoms with E-state index in [4.69, 9.17) is 5.84 Å². The van der Waals surface area contributed by atoms with E-state index >= 15 is 0 Å². The summed E-state index contributed by atoms with van der Waals surface area (Å²) in [6, 6.07) is 0. The Hall–Kier alpha value is -0.880. The van der Waals surface area contributed by atoms with E-state index in [1.807, 2.05) is 0 Å². The molecule has 0 aliphatic carbocycles. The number of hydrogen-bond donors (Lipinski definition) is 2. The topological polar surface area (TPSA) is 67.1 Å². The number of hydrazine groups is 1. The van der Waals surface area contributed by atoms with E-state index in [-0.39, 0.29) is 0 Å². The van der Waals surface area contributed by atoms with Gasteiger partial charge in [-0.3, -0.25) is 5.43 Å². The second-order valence-corrected chi connectivity index (χ2v) is 6.02. The standard InChI is InChI=1S/C11H18BrN5/c1-11(2)3-5-17(6-4-11)9-8(12)7-14-10(15-9)16-13/h7H,3-6,13H2,1-2H3,(H,14,15,16). The number of rotatable bonds is 2. The molecule has 1 saturated heterocycles. The van der Waals surface area contributed by atoms with Crippen molar-refractivity contribution < 1.29 is 0 Å². The molecule has 2 heterocycles. The molecule has 0 atom stereocenters. The quantitative estimate of drug-likeness (QED) is 0.647. The van der Waals surface area contributed by atoms with Crippen LogP contribution in [0, 0.1) is 5.41 Å². The van der Waals surface area contributed by atoms with Gasteiger partial charge in [-0.1, -0.05) is 13.8 Å². The minimum absolute atomic E-state index is 0.435. The molecule has 1 aliphatic heterocycles. The molecule has 3 N–H and O–H groups in total. The van der Waals surface area contributed by atoms with Crippen LogP contribution in [0.3, 0.4) is 0 Å². The third kappa shape index (κ3) is 2.87. The number of piperidine rings is 1. The number of aromatic nitrogens is 2. The van der Waals surface area contributed by atoms with Crippen molar-refractivity contribution in [1.82, 2.24) is 9.97 Å². The predicted molar refractivity (Wildman–Crippen MR) is 72.8 cm³/mol. The molecule has 94 valence electrons. The van der Waals surface area contributed by atoms with Crippen molar-refractivity contribution in [3.63, 3.8) is 0 Å². The summed E-state index contributed by atoms with van der Waals surface area (Å²) in [4.78, 5) is 10.7. The van der Waals surface area contributed by atoms with Gasteiger partial charge in [0, 0.05) is 19.3 Å². The van der Waals surface area contributed by atoms with Crippen molar-refractivity contribution in [1.29, 1.82) is 0 Å². The average molecular weight is 300 g/mol. The Balaban J connectivity index is 2.17. The number of anilines is 2. The third-order valence-corrected chi connectivity index (χ3v) is 3.83. The van der Waals surface area contributed by atoms with Crippen LogP contribution in [0.25, 0.3) is 0 Å². The molecule has 0 amide bonds. The zero-order valence-corrected chi connectivity index (χ0v) is 11.8. The molecule has 1 fully saturated rings. The van der Waals surface area contributed by atoms with E-state index in [0.29, 0.717) is 11.4 Å². The first-order valence-electron chi connectivity index (χ1n) is 5.76. The van der Waals surface area contributed by atoms with Crippen molar-refractivity contribution in [2.24, 2.45) is 11.3 Å². The smallest absolute Gasteiger partial charge is 0.239 e. The van der Waals surface area contributed by atoms with Gasteiger partial charge in [-0.25, -0.2) is 10.8 Å². The van der Waals surface area contributed by atoms with Crippen LogP contribution in [0.5, 0.6) is 0 Å². The lowest BCUT2D eigenvalue weighted by atomic mass is 9.83. The maximum atomic E-state index is 5.33. The summed E-state index contributed by atoms with van der Waals surface area (Å²) >= 11 is 3.49. The molecule has 0 saturated carbocycles. The van der Waals surface area contributed by atoms with E-state index in [2.05, 4.69) is 50.1 Å². The monoisotopic (exact) mass is 299 g/mol. The average Bonchev–Trinajstić information content (AvgIpc) is 2.30. The lowest BCUT2D eigenvalue weighted by molar-refractivity contribution is 0.279. The van der Waals surface area contributed by atoms with Crippen LogP contribution in [0.1, 0.15) is 26.7 Å². The first-order valence-corrected chi connectivity index (χ1v) is 6.55.